The van der Waals surface area contributed by atoms with Crippen LogP contribution in [0.2, 0.25) is 5.02 Å². The summed E-state index contributed by atoms with van der Waals surface area (Å²) in [5.74, 6) is 0.260. The second-order valence-corrected chi connectivity index (χ2v) is 5.87. The molecule has 0 aliphatic heterocycles. The molecule has 0 unspecified atom stereocenters. The van der Waals surface area contributed by atoms with Crippen molar-refractivity contribution >= 4 is 17.4 Å². The summed E-state index contributed by atoms with van der Waals surface area (Å²) in [5, 5.41) is 4.66. The summed E-state index contributed by atoms with van der Waals surface area (Å²) in [4.78, 5) is 12.7. The van der Waals surface area contributed by atoms with E-state index in [1.165, 1.54) is 19.3 Å². The SMILES string of the molecule is COCCn1ncc(Cl)c1C(=O)C1CCCCCCC1. The van der Waals surface area contributed by atoms with E-state index in [0.717, 1.165) is 25.7 Å². The van der Waals surface area contributed by atoms with E-state index in [9.17, 15) is 4.79 Å². The average molecular weight is 299 g/mol. The van der Waals surface area contributed by atoms with Crippen molar-refractivity contribution in [2.45, 2.75) is 51.5 Å². The fourth-order valence-corrected chi connectivity index (χ4v) is 3.10. The van der Waals surface area contributed by atoms with Gasteiger partial charge in [-0.05, 0) is 12.8 Å². The minimum atomic E-state index is 0.103. The highest BCUT2D eigenvalue weighted by atomic mass is 35.5. The summed E-state index contributed by atoms with van der Waals surface area (Å²) in [7, 11) is 1.64. The van der Waals surface area contributed by atoms with Crippen molar-refractivity contribution in [2.24, 2.45) is 5.92 Å². The number of carbonyl (C=O) groups is 1. The normalized spacial score (nSPS) is 17.7. The number of methoxy groups -OCH3 is 1. The molecule has 1 aromatic heterocycles. The van der Waals surface area contributed by atoms with Crippen LogP contribution in [0.5, 0.6) is 0 Å². The second-order valence-electron chi connectivity index (χ2n) is 5.46. The van der Waals surface area contributed by atoms with Crippen molar-refractivity contribution in [2.75, 3.05) is 13.7 Å². The Morgan fingerprint density at radius 3 is 2.65 bits per heavy atom. The minimum Gasteiger partial charge on any atom is -0.383 e. The lowest BCUT2D eigenvalue weighted by Crippen LogP contribution is -2.21. The Hall–Kier alpha value is -0.870. The van der Waals surface area contributed by atoms with Crippen molar-refractivity contribution < 1.29 is 9.53 Å². The number of rotatable bonds is 5. The summed E-state index contributed by atoms with van der Waals surface area (Å²) in [6, 6.07) is 0. The zero-order valence-corrected chi connectivity index (χ0v) is 12.9. The summed E-state index contributed by atoms with van der Waals surface area (Å²) < 4.78 is 6.74. The van der Waals surface area contributed by atoms with Crippen LogP contribution in [-0.4, -0.2) is 29.3 Å². The highest BCUT2D eigenvalue weighted by Gasteiger charge is 2.26. The van der Waals surface area contributed by atoms with E-state index in [0.29, 0.717) is 23.9 Å². The van der Waals surface area contributed by atoms with Crippen LogP contribution in [0.4, 0.5) is 0 Å². The maximum Gasteiger partial charge on any atom is 0.185 e. The van der Waals surface area contributed by atoms with Crippen LogP contribution >= 0.6 is 11.6 Å². The predicted octanol–water partition coefficient (Wildman–Crippen LogP) is 3.73. The Bertz CT molecular complexity index is 437. The highest BCUT2D eigenvalue weighted by Crippen LogP contribution is 2.28. The number of hydrogen-bond acceptors (Lipinski definition) is 3. The van der Waals surface area contributed by atoms with Gasteiger partial charge >= 0.3 is 0 Å². The van der Waals surface area contributed by atoms with E-state index in [2.05, 4.69) is 5.10 Å². The lowest BCUT2D eigenvalue weighted by Gasteiger charge is -2.19. The van der Waals surface area contributed by atoms with E-state index in [1.807, 2.05) is 0 Å². The number of carbonyl (C=O) groups excluding carboxylic acids is 1. The molecule has 2 rings (SSSR count). The molecule has 1 heterocycles. The maximum atomic E-state index is 12.7. The molecule has 0 radical (unpaired) electrons. The van der Waals surface area contributed by atoms with Crippen molar-refractivity contribution in [3.05, 3.63) is 16.9 Å². The first-order valence-electron chi connectivity index (χ1n) is 7.48. The summed E-state index contributed by atoms with van der Waals surface area (Å²) in [5.41, 5.74) is 0.564. The molecule has 1 aliphatic carbocycles. The monoisotopic (exact) mass is 298 g/mol. The number of ketones is 1. The lowest BCUT2D eigenvalue weighted by molar-refractivity contribution is 0.0884. The smallest absolute Gasteiger partial charge is 0.185 e. The number of Topliss-reactive ketones (excluding diaryl/α,β-unsaturated/α-hetero) is 1. The molecule has 1 aromatic rings. The Balaban J connectivity index is 2.12. The van der Waals surface area contributed by atoms with Gasteiger partial charge in [-0.25, -0.2) is 0 Å². The van der Waals surface area contributed by atoms with Crippen molar-refractivity contribution in [3.8, 4) is 0 Å². The van der Waals surface area contributed by atoms with E-state index < -0.39 is 0 Å². The number of nitrogens with zero attached hydrogens (tertiary/aromatic N) is 2. The van der Waals surface area contributed by atoms with Crippen LogP contribution in [0, 0.1) is 5.92 Å². The number of aromatic nitrogens is 2. The van der Waals surface area contributed by atoms with Gasteiger partial charge in [0.15, 0.2) is 5.78 Å². The van der Waals surface area contributed by atoms with Gasteiger partial charge < -0.3 is 4.74 Å². The van der Waals surface area contributed by atoms with Gasteiger partial charge in [0.2, 0.25) is 0 Å². The number of halogens is 1. The lowest BCUT2D eigenvalue weighted by atomic mass is 9.87. The summed E-state index contributed by atoms with van der Waals surface area (Å²) in [6.07, 6.45) is 9.57. The third-order valence-electron chi connectivity index (χ3n) is 4.01. The van der Waals surface area contributed by atoms with Crippen molar-refractivity contribution in [3.63, 3.8) is 0 Å². The average Bonchev–Trinajstić information content (AvgIpc) is 2.76. The quantitative estimate of drug-likeness (QED) is 0.778. The van der Waals surface area contributed by atoms with Crippen LogP contribution in [0.1, 0.15) is 55.4 Å². The zero-order valence-electron chi connectivity index (χ0n) is 12.1. The predicted molar refractivity (Wildman–Crippen MR) is 79.3 cm³/mol. The molecule has 20 heavy (non-hydrogen) atoms. The molecule has 0 N–H and O–H groups in total. The largest absolute Gasteiger partial charge is 0.383 e. The third-order valence-corrected chi connectivity index (χ3v) is 4.29. The first kappa shape index (κ1) is 15.5. The zero-order chi connectivity index (χ0) is 14.4. The second kappa shape index (κ2) is 7.79. The van der Waals surface area contributed by atoms with E-state index in [-0.39, 0.29) is 11.7 Å². The van der Waals surface area contributed by atoms with Gasteiger partial charge in [0.25, 0.3) is 0 Å². The topological polar surface area (TPSA) is 44.1 Å². The molecule has 1 saturated carbocycles. The molecule has 0 atom stereocenters. The molecule has 1 aliphatic rings. The first-order chi connectivity index (χ1) is 9.74. The van der Waals surface area contributed by atoms with Gasteiger partial charge in [0.1, 0.15) is 5.69 Å². The van der Waals surface area contributed by atoms with Crippen LogP contribution in [-0.2, 0) is 11.3 Å². The van der Waals surface area contributed by atoms with Crippen LogP contribution in [0.3, 0.4) is 0 Å². The van der Waals surface area contributed by atoms with Crippen LogP contribution < -0.4 is 0 Å². The van der Waals surface area contributed by atoms with Gasteiger partial charge in [-0.3, -0.25) is 9.48 Å². The fraction of sp³-hybridized carbons (Fsp3) is 0.733. The van der Waals surface area contributed by atoms with Gasteiger partial charge in [-0.1, -0.05) is 43.7 Å². The number of ether oxygens (including phenoxy) is 1. The Morgan fingerprint density at radius 1 is 1.35 bits per heavy atom. The minimum absolute atomic E-state index is 0.103. The van der Waals surface area contributed by atoms with E-state index in [4.69, 9.17) is 16.3 Å². The standard InChI is InChI=1S/C15H23ClN2O2/c1-20-10-9-18-14(13(16)11-17-18)15(19)12-7-5-3-2-4-6-8-12/h11-12H,2-10H2,1H3. The van der Waals surface area contributed by atoms with Crippen molar-refractivity contribution in [1.82, 2.24) is 9.78 Å². The maximum absolute atomic E-state index is 12.7. The van der Waals surface area contributed by atoms with E-state index >= 15 is 0 Å². The fourth-order valence-electron chi connectivity index (χ4n) is 2.87. The molecule has 0 saturated heterocycles. The summed E-state index contributed by atoms with van der Waals surface area (Å²) >= 11 is 6.17. The molecular weight excluding hydrogens is 276 g/mol. The molecule has 0 bridgehead atoms. The molecule has 0 aromatic carbocycles. The molecule has 1 fully saturated rings. The first-order valence-corrected chi connectivity index (χ1v) is 7.86. The van der Waals surface area contributed by atoms with Gasteiger partial charge in [0.05, 0.1) is 24.4 Å². The Kier molecular flexibility index (Phi) is 6.05. The summed E-state index contributed by atoms with van der Waals surface area (Å²) in [6.45, 7) is 1.10. The molecule has 4 nitrogen and oxygen atoms in total. The Labute approximate surface area is 125 Å². The van der Waals surface area contributed by atoms with Crippen LogP contribution in [0.15, 0.2) is 6.20 Å². The van der Waals surface area contributed by atoms with Crippen molar-refractivity contribution in [1.29, 1.82) is 0 Å². The third kappa shape index (κ3) is 3.83. The molecule has 0 amide bonds. The molecule has 0 spiro atoms. The van der Waals surface area contributed by atoms with Crippen LogP contribution in [0.25, 0.3) is 0 Å². The molecular formula is C15H23ClN2O2. The highest BCUT2D eigenvalue weighted by molar-refractivity contribution is 6.33. The Morgan fingerprint density at radius 2 is 2.00 bits per heavy atom. The molecule has 5 heteroatoms. The van der Waals surface area contributed by atoms with E-state index in [1.54, 1.807) is 18.0 Å². The van der Waals surface area contributed by atoms with Gasteiger partial charge in [-0.15, -0.1) is 0 Å². The number of hydrogen-bond donors (Lipinski definition) is 0. The van der Waals surface area contributed by atoms with Gasteiger partial charge in [0, 0.05) is 13.0 Å². The molecule has 112 valence electrons. The van der Waals surface area contributed by atoms with Gasteiger partial charge in [-0.2, -0.15) is 5.10 Å².